The highest BCUT2D eigenvalue weighted by molar-refractivity contribution is 6.06. The topological polar surface area (TPSA) is 71.6 Å². The Hall–Kier alpha value is -3.12. The molecule has 4 rings (SSSR count). The normalized spacial score (nSPS) is 16.8. The van der Waals surface area contributed by atoms with Crippen LogP contribution >= 0.6 is 0 Å². The second-order valence-corrected chi connectivity index (χ2v) is 7.34. The summed E-state index contributed by atoms with van der Waals surface area (Å²) in [5, 5.41) is 0.929. The highest BCUT2D eigenvalue weighted by Crippen LogP contribution is 2.22. The fraction of sp³-hybridized carbons (Fsp3) is 0.304. The van der Waals surface area contributed by atoms with E-state index in [4.69, 9.17) is 9.47 Å². The van der Waals surface area contributed by atoms with Crippen molar-refractivity contribution in [3.8, 4) is 5.75 Å². The number of hydrogen-bond donors (Lipinski definition) is 1. The van der Waals surface area contributed by atoms with Crippen molar-refractivity contribution in [3.05, 3.63) is 65.4 Å². The van der Waals surface area contributed by atoms with Gasteiger partial charge in [-0.1, -0.05) is 18.2 Å². The van der Waals surface area contributed by atoms with E-state index >= 15 is 0 Å². The summed E-state index contributed by atoms with van der Waals surface area (Å²) in [6, 6.07) is 13.2. The Morgan fingerprint density at radius 2 is 2.03 bits per heavy atom. The minimum atomic E-state index is -0.203. The number of para-hydroxylation sites is 1. The minimum absolute atomic E-state index is 0.00240. The van der Waals surface area contributed by atoms with E-state index < -0.39 is 0 Å². The van der Waals surface area contributed by atoms with Gasteiger partial charge in [0, 0.05) is 29.2 Å². The smallest absolute Gasteiger partial charge is 0.256 e. The maximum Gasteiger partial charge on any atom is 0.256 e. The van der Waals surface area contributed by atoms with Crippen molar-refractivity contribution in [2.45, 2.75) is 20.0 Å². The van der Waals surface area contributed by atoms with Crippen molar-refractivity contribution < 1.29 is 19.1 Å². The molecule has 0 spiro atoms. The fourth-order valence-corrected chi connectivity index (χ4v) is 3.73. The molecule has 1 aliphatic rings. The molecule has 1 atom stereocenters. The molecule has 0 bridgehead atoms. The molecular weight excluding hydrogens is 368 g/mol. The van der Waals surface area contributed by atoms with Crippen LogP contribution in [-0.2, 0) is 4.74 Å². The number of carbonyl (C=O) groups is 2. The van der Waals surface area contributed by atoms with Crippen LogP contribution in [0.4, 0.5) is 0 Å². The summed E-state index contributed by atoms with van der Waals surface area (Å²) in [6.07, 6.45) is 1.57. The van der Waals surface area contributed by atoms with Crippen LogP contribution in [0, 0.1) is 6.92 Å². The van der Waals surface area contributed by atoms with Gasteiger partial charge in [0.1, 0.15) is 18.5 Å². The van der Waals surface area contributed by atoms with E-state index in [0.717, 1.165) is 16.5 Å². The summed E-state index contributed by atoms with van der Waals surface area (Å²) in [6.45, 7) is 5.30. The Labute approximate surface area is 169 Å². The van der Waals surface area contributed by atoms with Gasteiger partial charge in [-0.15, -0.1) is 0 Å². The molecule has 3 aromatic rings. The molecular formula is C23H24N2O4. The number of ketones is 1. The predicted octanol–water partition coefficient (Wildman–Crippen LogP) is 3.60. The maximum absolute atomic E-state index is 13.0. The lowest BCUT2D eigenvalue weighted by atomic mass is 10.1. The van der Waals surface area contributed by atoms with Gasteiger partial charge in [-0.05, 0) is 43.7 Å². The van der Waals surface area contributed by atoms with Crippen LogP contribution in [0.5, 0.6) is 5.75 Å². The SMILES string of the molecule is CC(=O)c1ccc(OCC2CN(C(=O)c3c[nH]c4ccccc34)CCO2)cc1C. The number of hydrogen-bond acceptors (Lipinski definition) is 4. The van der Waals surface area contributed by atoms with Crippen LogP contribution in [0.3, 0.4) is 0 Å². The average molecular weight is 392 g/mol. The van der Waals surface area contributed by atoms with Gasteiger partial charge >= 0.3 is 0 Å². The highest BCUT2D eigenvalue weighted by atomic mass is 16.5. The summed E-state index contributed by atoms with van der Waals surface area (Å²) in [5.41, 5.74) is 3.21. The largest absolute Gasteiger partial charge is 0.491 e. The Kier molecular flexibility index (Phi) is 5.36. The molecule has 1 amide bonds. The van der Waals surface area contributed by atoms with Crippen LogP contribution in [0.1, 0.15) is 33.2 Å². The van der Waals surface area contributed by atoms with E-state index in [1.54, 1.807) is 25.3 Å². The maximum atomic E-state index is 13.0. The molecule has 6 heteroatoms. The van der Waals surface area contributed by atoms with E-state index in [9.17, 15) is 9.59 Å². The van der Waals surface area contributed by atoms with E-state index in [-0.39, 0.29) is 17.8 Å². The summed E-state index contributed by atoms with van der Waals surface area (Å²) >= 11 is 0. The van der Waals surface area contributed by atoms with Crippen LogP contribution in [0.15, 0.2) is 48.7 Å². The Morgan fingerprint density at radius 3 is 2.83 bits per heavy atom. The first kappa shape index (κ1) is 19.2. The molecule has 29 heavy (non-hydrogen) atoms. The van der Waals surface area contributed by atoms with Gasteiger partial charge in [-0.25, -0.2) is 0 Å². The quantitative estimate of drug-likeness (QED) is 0.674. The zero-order valence-corrected chi connectivity index (χ0v) is 16.6. The number of rotatable bonds is 5. The Morgan fingerprint density at radius 1 is 1.21 bits per heavy atom. The van der Waals surface area contributed by atoms with Crippen molar-refractivity contribution in [1.82, 2.24) is 9.88 Å². The van der Waals surface area contributed by atoms with Gasteiger partial charge in [0.05, 0.1) is 18.7 Å². The number of nitrogens with one attached hydrogen (secondary N) is 1. The third-order valence-corrected chi connectivity index (χ3v) is 5.26. The predicted molar refractivity (Wildman–Crippen MR) is 111 cm³/mol. The number of amides is 1. The second-order valence-electron chi connectivity index (χ2n) is 7.34. The first-order valence-corrected chi connectivity index (χ1v) is 9.74. The zero-order valence-electron chi connectivity index (χ0n) is 16.6. The van der Waals surface area contributed by atoms with Crippen molar-refractivity contribution in [2.24, 2.45) is 0 Å². The Bertz CT molecular complexity index is 1060. The van der Waals surface area contributed by atoms with Gasteiger partial charge in [-0.2, -0.15) is 0 Å². The molecule has 2 aromatic carbocycles. The number of aromatic amines is 1. The molecule has 0 saturated carbocycles. The van der Waals surface area contributed by atoms with E-state index in [2.05, 4.69) is 4.98 Å². The van der Waals surface area contributed by atoms with Crippen LogP contribution in [0.25, 0.3) is 10.9 Å². The van der Waals surface area contributed by atoms with Gasteiger partial charge in [-0.3, -0.25) is 9.59 Å². The van der Waals surface area contributed by atoms with Crippen molar-refractivity contribution >= 4 is 22.6 Å². The third-order valence-electron chi connectivity index (χ3n) is 5.26. The number of aromatic nitrogens is 1. The molecule has 0 radical (unpaired) electrons. The van der Waals surface area contributed by atoms with E-state index in [1.165, 1.54) is 0 Å². The van der Waals surface area contributed by atoms with Gasteiger partial charge < -0.3 is 19.4 Å². The number of benzene rings is 2. The number of ether oxygens (including phenoxy) is 2. The first-order chi connectivity index (χ1) is 14.0. The summed E-state index contributed by atoms with van der Waals surface area (Å²) in [7, 11) is 0. The van der Waals surface area contributed by atoms with E-state index in [0.29, 0.717) is 43.2 Å². The number of morpholine rings is 1. The fourth-order valence-electron chi connectivity index (χ4n) is 3.73. The Balaban J connectivity index is 1.40. The molecule has 1 saturated heterocycles. The summed E-state index contributed by atoms with van der Waals surface area (Å²) < 4.78 is 11.7. The number of Topliss-reactive ketones (excluding diaryl/α,β-unsaturated/α-hetero) is 1. The van der Waals surface area contributed by atoms with Crippen molar-refractivity contribution in [3.63, 3.8) is 0 Å². The first-order valence-electron chi connectivity index (χ1n) is 9.74. The summed E-state index contributed by atoms with van der Waals surface area (Å²) in [4.78, 5) is 29.6. The number of H-pyrrole nitrogens is 1. The lowest BCUT2D eigenvalue weighted by Crippen LogP contribution is -2.47. The average Bonchev–Trinajstić information content (AvgIpc) is 3.16. The van der Waals surface area contributed by atoms with E-state index in [1.807, 2.05) is 42.2 Å². The number of aryl methyl sites for hydroxylation is 1. The molecule has 0 aliphatic carbocycles. The van der Waals surface area contributed by atoms with Gasteiger partial charge in [0.15, 0.2) is 5.78 Å². The summed E-state index contributed by atoms with van der Waals surface area (Å²) in [5.74, 6) is 0.727. The molecule has 150 valence electrons. The number of nitrogens with zero attached hydrogens (tertiary/aromatic N) is 1. The monoisotopic (exact) mass is 392 g/mol. The van der Waals surface area contributed by atoms with Gasteiger partial charge in [0.25, 0.3) is 5.91 Å². The number of fused-ring (bicyclic) bond motifs is 1. The standard InChI is InChI=1S/C23H24N2O4/c1-15-11-17(7-8-19(15)16(2)26)29-14-18-13-25(9-10-28-18)23(27)21-12-24-22-6-4-3-5-20(21)22/h3-8,11-12,18,24H,9-10,13-14H2,1-2H3. The molecule has 1 aromatic heterocycles. The van der Waals surface area contributed by atoms with Crippen molar-refractivity contribution in [2.75, 3.05) is 26.3 Å². The van der Waals surface area contributed by atoms with Crippen LogP contribution in [-0.4, -0.2) is 54.0 Å². The van der Waals surface area contributed by atoms with Gasteiger partial charge in [0.2, 0.25) is 0 Å². The zero-order chi connectivity index (χ0) is 20.4. The molecule has 1 aliphatic heterocycles. The molecule has 2 heterocycles. The number of carbonyl (C=O) groups excluding carboxylic acids is 2. The van der Waals surface area contributed by atoms with Crippen LogP contribution < -0.4 is 4.74 Å². The second kappa shape index (κ2) is 8.09. The lowest BCUT2D eigenvalue weighted by molar-refractivity contribution is -0.0400. The molecule has 1 N–H and O–H groups in total. The third kappa shape index (κ3) is 4.03. The highest BCUT2D eigenvalue weighted by Gasteiger charge is 2.27. The van der Waals surface area contributed by atoms with Crippen LogP contribution in [0.2, 0.25) is 0 Å². The molecule has 1 fully saturated rings. The molecule has 1 unspecified atom stereocenters. The minimum Gasteiger partial charge on any atom is -0.491 e. The lowest BCUT2D eigenvalue weighted by Gasteiger charge is -2.32. The molecule has 6 nitrogen and oxygen atoms in total. The van der Waals surface area contributed by atoms with Crippen molar-refractivity contribution in [1.29, 1.82) is 0 Å².